The predicted molar refractivity (Wildman–Crippen MR) is 127 cm³/mol. The number of hydrogen-bond donors (Lipinski definition) is 4. The Morgan fingerprint density at radius 3 is 2.50 bits per heavy atom. The number of fused-ring (bicyclic) bond motifs is 4. The molecule has 8 nitrogen and oxygen atoms in total. The number of epoxide rings is 1. The zero-order chi connectivity index (χ0) is 25.8. The summed E-state index contributed by atoms with van der Waals surface area (Å²) < 4.78 is 12.0. The molecule has 0 unspecified atom stereocenters. The summed E-state index contributed by atoms with van der Waals surface area (Å²) in [5.41, 5.74) is -0.996. The molecule has 1 spiro atoms. The molecule has 5 fully saturated rings. The number of ether oxygens (including phenoxy) is 2. The molecule has 0 radical (unpaired) electrons. The maximum Gasteiger partial charge on any atom is 0.336 e. The van der Waals surface area contributed by atoms with E-state index in [-0.39, 0.29) is 60.8 Å². The van der Waals surface area contributed by atoms with Crippen molar-refractivity contribution in [3.05, 3.63) is 11.1 Å². The van der Waals surface area contributed by atoms with Crippen molar-refractivity contribution in [3.8, 4) is 0 Å². The third-order valence-corrected chi connectivity index (χ3v) is 11.9. The summed E-state index contributed by atoms with van der Waals surface area (Å²) in [6, 6.07) is 0. The maximum atomic E-state index is 13.5. The van der Waals surface area contributed by atoms with Gasteiger partial charge in [0.25, 0.3) is 0 Å². The molecule has 0 bridgehead atoms. The Morgan fingerprint density at radius 1 is 1.08 bits per heavy atom. The standard InChI is InChI=1S/C28H40O8/c1-13-8-21(35-25(34)16(13)11-29)14(2)17-4-5-18-15-9-23-28(36-23)24(33)20(31)10-22(32)27(28,12-30)19(15)6-7-26(17,18)3/h14-15,17-21,23-24,29-31,33H,4-12H2,1-3H3/t14-,15-,17+,18-,19-,20-,21+,23+,24-,26+,27-,28-/m0/s1. The van der Waals surface area contributed by atoms with Crippen LogP contribution < -0.4 is 0 Å². The lowest BCUT2D eigenvalue weighted by molar-refractivity contribution is -0.192. The van der Waals surface area contributed by atoms with E-state index < -0.39 is 29.2 Å². The second kappa shape index (κ2) is 8.09. The van der Waals surface area contributed by atoms with Crippen LogP contribution in [0.15, 0.2) is 11.1 Å². The molecule has 2 aliphatic heterocycles. The molecule has 2 heterocycles. The molecule has 4 aliphatic carbocycles. The van der Waals surface area contributed by atoms with Gasteiger partial charge >= 0.3 is 5.97 Å². The molecule has 0 aromatic rings. The van der Waals surface area contributed by atoms with E-state index in [0.29, 0.717) is 23.8 Å². The Bertz CT molecular complexity index is 1010. The van der Waals surface area contributed by atoms with Gasteiger partial charge in [-0.1, -0.05) is 19.4 Å². The number of Topliss-reactive ketones (excluding diaryl/α,β-unsaturated/α-hetero) is 1. The van der Waals surface area contributed by atoms with Crippen molar-refractivity contribution in [1.29, 1.82) is 0 Å². The summed E-state index contributed by atoms with van der Waals surface area (Å²) in [4.78, 5) is 26.0. The second-order valence-electron chi connectivity index (χ2n) is 12.9. The highest BCUT2D eigenvalue weighted by Gasteiger charge is 2.83. The lowest BCUT2D eigenvalue weighted by atomic mass is 9.43. The van der Waals surface area contributed by atoms with Crippen molar-refractivity contribution in [2.24, 2.45) is 40.4 Å². The Kier molecular flexibility index (Phi) is 5.61. The van der Waals surface area contributed by atoms with Crippen LogP contribution in [-0.4, -0.2) is 75.4 Å². The molecule has 0 aromatic carbocycles. The minimum absolute atomic E-state index is 0.0171. The number of carbonyl (C=O) groups is 2. The van der Waals surface area contributed by atoms with Gasteiger partial charge in [-0.25, -0.2) is 4.79 Å². The fourth-order valence-electron chi connectivity index (χ4n) is 10.1. The molecule has 36 heavy (non-hydrogen) atoms. The first kappa shape index (κ1) is 25.0. The topological polar surface area (TPSA) is 137 Å². The molecule has 12 atom stereocenters. The van der Waals surface area contributed by atoms with E-state index in [1.807, 2.05) is 6.92 Å². The quantitative estimate of drug-likeness (QED) is 0.334. The van der Waals surface area contributed by atoms with Gasteiger partial charge < -0.3 is 29.9 Å². The summed E-state index contributed by atoms with van der Waals surface area (Å²) in [5, 5.41) is 41.6. The van der Waals surface area contributed by atoms with E-state index in [1.54, 1.807) is 0 Å². The highest BCUT2D eigenvalue weighted by molar-refractivity contribution is 5.91. The molecule has 1 saturated heterocycles. The molecular formula is C28H40O8. The van der Waals surface area contributed by atoms with Gasteiger partial charge in [0.05, 0.1) is 36.4 Å². The molecule has 6 rings (SSSR count). The monoisotopic (exact) mass is 504 g/mol. The minimum Gasteiger partial charge on any atom is -0.458 e. The van der Waals surface area contributed by atoms with Crippen molar-refractivity contribution in [3.63, 3.8) is 0 Å². The number of hydrogen-bond acceptors (Lipinski definition) is 8. The molecule has 0 amide bonds. The van der Waals surface area contributed by atoms with Gasteiger partial charge in [0.15, 0.2) is 0 Å². The zero-order valence-corrected chi connectivity index (χ0v) is 21.5. The molecule has 6 aliphatic rings. The Hall–Kier alpha value is -1.32. The molecule has 200 valence electrons. The van der Waals surface area contributed by atoms with Crippen molar-refractivity contribution < 1.29 is 39.5 Å². The van der Waals surface area contributed by atoms with Crippen LogP contribution in [0.4, 0.5) is 0 Å². The van der Waals surface area contributed by atoms with Crippen LogP contribution in [0.25, 0.3) is 0 Å². The Morgan fingerprint density at radius 2 is 1.83 bits per heavy atom. The molecule has 0 aromatic heterocycles. The van der Waals surface area contributed by atoms with E-state index >= 15 is 0 Å². The SMILES string of the molecule is CC1=C(CO)C(=O)O[C@@H]([C@@H](C)[C@H]2CC[C@H]3[C@@H]4C[C@H]5O[C@]56[C@@H](O)[C@@H](O)CC(=O)[C@]6(CO)[C@H]4CC[C@]23C)C1. The molecule has 4 saturated carbocycles. The first-order chi connectivity index (χ1) is 17.1. The largest absolute Gasteiger partial charge is 0.458 e. The van der Waals surface area contributed by atoms with Crippen LogP contribution in [0.5, 0.6) is 0 Å². The molecular weight excluding hydrogens is 464 g/mol. The number of ketones is 1. The average Bonchev–Trinajstić information content (AvgIpc) is 3.46. The number of aliphatic hydroxyl groups excluding tert-OH is 4. The van der Waals surface area contributed by atoms with Crippen molar-refractivity contribution in [2.45, 2.75) is 95.7 Å². The van der Waals surface area contributed by atoms with Gasteiger partial charge in [-0.2, -0.15) is 0 Å². The predicted octanol–water partition coefficient (Wildman–Crippen LogP) is 1.52. The normalized spacial score (nSPS) is 52.6. The number of aliphatic hydroxyl groups is 4. The van der Waals surface area contributed by atoms with Gasteiger partial charge in [-0.15, -0.1) is 0 Å². The van der Waals surface area contributed by atoms with E-state index in [9.17, 15) is 30.0 Å². The van der Waals surface area contributed by atoms with Gasteiger partial charge in [0.1, 0.15) is 23.6 Å². The number of carbonyl (C=O) groups excluding carboxylic acids is 2. The second-order valence-corrected chi connectivity index (χ2v) is 12.9. The van der Waals surface area contributed by atoms with Gasteiger partial charge in [0, 0.05) is 12.8 Å². The van der Waals surface area contributed by atoms with Crippen molar-refractivity contribution in [1.82, 2.24) is 0 Å². The van der Waals surface area contributed by atoms with Crippen molar-refractivity contribution in [2.75, 3.05) is 13.2 Å². The van der Waals surface area contributed by atoms with Crippen LogP contribution in [0.2, 0.25) is 0 Å². The first-order valence-electron chi connectivity index (χ1n) is 13.7. The maximum absolute atomic E-state index is 13.5. The van der Waals surface area contributed by atoms with Gasteiger partial charge in [-0.05, 0) is 74.0 Å². The lowest BCUT2D eigenvalue weighted by Crippen LogP contribution is -2.70. The summed E-state index contributed by atoms with van der Waals surface area (Å²) >= 11 is 0. The fraction of sp³-hybridized carbons (Fsp3) is 0.857. The van der Waals surface area contributed by atoms with Crippen LogP contribution in [-0.2, 0) is 19.1 Å². The van der Waals surface area contributed by atoms with E-state index in [0.717, 1.165) is 37.7 Å². The smallest absolute Gasteiger partial charge is 0.336 e. The Balaban J connectivity index is 1.28. The van der Waals surface area contributed by atoms with Crippen molar-refractivity contribution >= 4 is 11.8 Å². The van der Waals surface area contributed by atoms with E-state index in [1.165, 1.54) is 0 Å². The zero-order valence-electron chi connectivity index (χ0n) is 21.5. The van der Waals surface area contributed by atoms with Crippen LogP contribution in [0.3, 0.4) is 0 Å². The minimum atomic E-state index is -1.15. The Labute approximate surface area is 212 Å². The highest BCUT2D eigenvalue weighted by atomic mass is 16.6. The molecule has 8 heteroatoms. The van der Waals surface area contributed by atoms with Gasteiger partial charge in [0.2, 0.25) is 0 Å². The fourth-order valence-corrected chi connectivity index (χ4v) is 10.1. The third kappa shape index (κ3) is 2.88. The van der Waals surface area contributed by atoms with Gasteiger partial charge in [-0.3, -0.25) is 4.79 Å². The van der Waals surface area contributed by atoms with E-state index in [4.69, 9.17) is 9.47 Å². The number of cyclic esters (lactones) is 1. The average molecular weight is 505 g/mol. The summed E-state index contributed by atoms with van der Waals surface area (Å²) in [6.45, 7) is 5.80. The summed E-state index contributed by atoms with van der Waals surface area (Å²) in [5.74, 6) is 0.436. The summed E-state index contributed by atoms with van der Waals surface area (Å²) in [6.07, 6.45) is 2.13. The summed E-state index contributed by atoms with van der Waals surface area (Å²) in [7, 11) is 0. The van der Waals surface area contributed by atoms with Crippen LogP contribution in [0, 0.1) is 40.4 Å². The molecule has 4 N–H and O–H groups in total. The lowest BCUT2D eigenvalue weighted by Gasteiger charge is -2.59. The highest BCUT2D eigenvalue weighted by Crippen LogP contribution is 2.73. The number of rotatable bonds is 4. The third-order valence-electron chi connectivity index (χ3n) is 11.9. The van der Waals surface area contributed by atoms with E-state index in [2.05, 4.69) is 13.8 Å². The van der Waals surface area contributed by atoms with Crippen LogP contribution >= 0.6 is 0 Å². The van der Waals surface area contributed by atoms with Crippen LogP contribution in [0.1, 0.15) is 65.7 Å². The number of esters is 1. The first-order valence-corrected chi connectivity index (χ1v) is 13.7.